The van der Waals surface area contributed by atoms with Gasteiger partial charge in [0.1, 0.15) is 6.29 Å². The lowest BCUT2D eigenvalue weighted by Gasteiger charge is -2.52. The maximum absolute atomic E-state index is 11.9. The Morgan fingerprint density at radius 1 is 1.00 bits per heavy atom. The maximum Gasteiger partial charge on any atom is 0.237 e. The van der Waals surface area contributed by atoms with E-state index >= 15 is 0 Å². The van der Waals surface area contributed by atoms with Crippen LogP contribution in [0.2, 0.25) is 0 Å². The van der Waals surface area contributed by atoms with E-state index in [1.807, 2.05) is 5.01 Å². The SMILES string of the molecule is CN1CCCN2CCCN(N3CCCC3=O)C12. The first-order valence-electron chi connectivity index (χ1n) is 6.78. The van der Waals surface area contributed by atoms with Gasteiger partial charge in [-0.1, -0.05) is 0 Å². The highest BCUT2D eigenvalue weighted by molar-refractivity contribution is 5.77. The van der Waals surface area contributed by atoms with Crippen LogP contribution in [0.25, 0.3) is 0 Å². The summed E-state index contributed by atoms with van der Waals surface area (Å²) in [5.74, 6) is 0.311. The van der Waals surface area contributed by atoms with Gasteiger partial charge >= 0.3 is 0 Å². The van der Waals surface area contributed by atoms with Gasteiger partial charge in [-0.05, 0) is 26.3 Å². The summed E-state index contributed by atoms with van der Waals surface area (Å²) in [6.07, 6.45) is 4.49. The van der Waals surface area contributed by atoms with E-state index in [1.165, 1.54) is 25.9 Å². The van der Waals surface area contributed by atoms with Crippen LogP contribution >= 0.6 is 0 Å². The molecule has 5 nitrogen and oxygen atoms in total. The fourth-order valence-electron chi connectivity index (χ4n) is 3.38. The highest BCUT2D eigenvalue weighted by Crippen LogP contribution is 2.25. The molecule has 17 heavy (non-hydrogen) atoms. The van der Waals surface area contributed by atoms with Gasteiger partial charge in [0.2, 0.25) is 5.91 Å². The molecule has 96 valence electrons. The van der Waals surface area contributed by atoms with Crippen molar-refractivity contribution < 1.29 is 4.79 Å². The van der Waals surface area contributed by atoms with E-state index in [9.17, 15) is 4.79 Å². The fourth-order valence-corrected chi connectivity index (χ4v) is 3.38. The van der Waals surface area contributed by atoms with E-state index < -0.39 is 0 Å². The van der Waals surface area contributed by atoms with Crippen molar-refractivity contribution >= 4 is 5.91 Å². The Morgan fingerprint density at radius 3 is 2.47 bits per heavy atom. The number of fused-ring (bicyclic) bond motifs is 1. The molecule has 0 aromatic rings. The van der Waals surface area contributed by atoms with E-state index in [-0.39, 0.29) is 0 Å². The van der Waals surface area contributed by atoms with Crippen LogP contribution in [0.5, 0.6) is 0 Å². The molecule has 5 heteroatoms. The largest absolute Gasteiger partial charge is 0.277 e. The third-order valence-electron chi connectivity index (χ3n) is 4.13. The lowest BCUT2D eigenvalue weighted by Crippen LogP contribution is -2.67. The first-order chi connectivity index (χ1) is 8.27. The Labute approximate surface area is 103 Å². The Hall–Kier alpha value is -0.650. The fraction of sp³-hybridized carbons (Fsp3) is 0.917. The smallest absolute Gasteiger partial charge is 0.237 e. The van der Waals surface area contributed by atoms with Crippen molar-refractivity contribution in [3.8, 4) is 0 Å². The van der Waals surface area contributed by atoms with Crippen molar-refractivity contribution in [1.82, 2.24) is 19.8 Å². The minimum absolute atomic E-state index is 0.311. The zero-order valence-electron chi connectivity index (χ0n) is 10.6. The predicted octanol–water partition coefficient (Wildman–Crippen LogP) is 0.151. The number of rotatable bonds is 1. The molecule has 3 heterocycles. The van der Waals surface area contributed by atoms with Crippen molar-refractivity contribution in [3.63, 3.8) is 0 Å². The van der Waals surface area contributed by atoms with Crippen LogP contribution < -0.4 is 0 Å². The number of hydrogen-bond donors (Lipinski definition) is 0. The topological polar surface area (TPSA) is 30.0 Å². The molecule has 3 saturated heterocycles. The number of carbonyl (C=O) groups is 1. The molecular weight excluding hydrogens is 216 g/mol. The molecule has 0 spiro atoms. The normalized spacial score (nSPS) is 33.1. The summed E-state index contributed by atoms with van der Waals surface area (Å²) in [5.41, 5.74) is 0. The van der Waals surface area contributed by atoms with Gasteiger partial charge < -0.3 is 0 Å². The predicted molar refractivity (Wildman–Crippen MR) is 64.9 cm³/mol. The summed E-state index contributed by atoms with van der Waals surface area (Å²) in [7, 11) is 2.18. The van der Waals surface area contributed by atoms with Crippen LogP contribution in [0, 0.1) is 0 Å². The van der Waals surface area contributed by atoms with Crippen molar-refractivity contribution in [2.24, 2.45) is 0 Å². The van der Waals surface area contributed by atoms with Gasteiger partial charge in [-0.3, -0.25) is 19.6 Å². The number of hydrogen-bond acceptors (Lipinski definition) is 4. The van der Waals surface area contributed by atoms with Gasteiger partial charge in [0, 0.05) is 39.1 Å². The molecular formula is C12H22N4O. The highest BCUT2D eigenvalue weighted by atomic mass is 16.2. The second kappa shape index (κ2) is 4.55. The van der Waals surface area contributed by atoms with Gasteiger partial charge in [-0.15, -0.1) is 0 Å². The van der Waals surface area contributed by atoms with Gasteiger partial charge in [0.15, 0.2) is 0 Å². The monoisotopic (exact) mass is 238 g/mol. The molecule has 3 aliphatic rings. The van der Waals surface area contributed by atoms with Crippen molar-refractivity contribution in [2.75, 3.05) is 39.8 Å². The van der Waals surface area contributed by atoms with Crippen molar-refractivity contribution in [3.05, 3.63) is 0 Å². The standard InChI is InChI=1S/C12H22N4O/c1-13-6-3-7-14-8-4-10-16(12(13)14)15-9-2-5-11(15)17/h12H,2-10H2,1H3. The molecule has 1 atom stereocenters. The van der Waals surface area contributed by atoms with Crippen molar-refractivity contribution in [1.29, 1.82) is 0 Å². The molecule has 3 aliphatic heterocycles. The summed E-state index contributed by atoms with van der Waals surface area (Å²) in [4.78, 5) is 16.8. The molecule has 1 amide bonds. The van der Waals surface area contributed by atoms with Crippen molar-refractivity contribution in [2.45, 2.75) is 32.0 Å². The van der Waals surface area contributed by atoms with Crippen LogP contribution in [0.3, 0.4) is 0 Å². The van der Waals surface area contributed by atoms with Crippen LogP contribution in [0.1, 0.15) is 25.7 Å². The van der Waals surface area contributed by atoms with Crippen LogP contribution in [0.15, 0.2) is 0 Å². The van der Waals surface area contributed by atoms with Crippen LogP contribution in [0.4, 0.5) is 0 Å². The van der Waals surface area contributed by atoms with Gasteiger partial charge in [-0.25, -0.2) is 0 Å². The van der Waals surface area contributed by atoms with E-state index in [0.29, 0.717) is 12.2 Å². The third kappa shape index (κ3) is 1.96. The Balaban J connectivity index is 1.79. The van der Waals surface area contributed by atoms with Crippen LogP contribution in [-0.4, -0.2) is 71.8 Å². The van der Waals surface area contributed by atoms with E-state index in [4.69, 9.17) is 0 Å². The third-order valence-corrected chi connectivity index (χ3v) is 4.13. The average Bonchev–Trinajstić information content (AvgIpc) is 2.75. The lowest BCUT2D eigenvalue weighted by atomic mass is 10.2. The van der Waals surface area contributed by atoms with Gasteiger partial charge in [-0.2, -0.15) is 5.01 Å². The molecule has 0 bridgehead atoms. The number of amides is 1. The highest BCUT2D eigenvalue weighted by Gasteiger charge is 2.40. The molecule has 0 aromatic heterocycles. The molecule has 1 unspecified atom stereocenters. The molecule has 0 saturated carbocycles. The first-order valence-corrected chi connectivity index (χ1v) is 6.78. The maximum atomic E-state index is 11.9. The summed E-state index contributed by atoms with van der Waals surface area (Å²) >= 11 is 0. The Morgan fingerprint density at radius 2 is 1.76 bits per heavy atom. The Kier molecular flexibility index (Phi) is 3.06. The number of carbonyl (C=O) groups excluding carboxylic acids is 1. The van der Waals surface area contributed by atoms with E-state index in [1.54, 1.807) is 0 Å². The number of nitrogens with zero attached hydrogens (tertiary/aromatic N) is 4. The summed E-state index contributed by atoms with van der Waals surface area (Å²) in [5, 5.41) is 4.30. The average molecular weight is 238 g/mol. The quantitative estimate of drug-likeness (QED) is 0.650. The molecule has 0 aromatic carbocycles. The van der Waals surface area contributed by atoms with E-state index in [2.05, 4.69) is 21.9 Å². The lowest BCUT2D eigenvalue weighted by molar-refractivity contribution is -0.200. The second-order valence-corrected chi connectivity index (χ2v) is 5.35. The second-order valence-electron chi connectivity index (χ2n) is 5.35. The summed E-state index contributed by atoms with van der Waals surface area (Å²) in [6.45, 7) is 5.43. The Bertz CT molecular complexity index is 307. The first kappa shape index (κ1) is 11.4. The zero-order chi connectivity index (χ0) is 11.8. The minimum Gasteiger partial charge on any atom is -0.277 e. The van der Waals surface area contributed by atoms with Gasteiger partial charge in [0.05, 0.1) is 0 Å². The number of hydrazine groups is 1. The summed E-state index contributed by atoms with van der Waals surface area (Å²) in [6, 6.07) is 0. The zero-order valence-corrected chi connectivity index (χ0v) is 10.6. The molecule has 3 rings (SSSR count). The minimum atomic E-state index is 0.311. The molecule has 0 N–H and O–H groups in total. The van der Waals surface area contributed by atoms with Crippen LogP contribution in [-0.2, 0) is 4.79 Å². The van der Waals surface area contributed by atoms with Gasteiger partial charge in [0.25, 0.3) is 0 Å². The molecule has 0 radical (unpaired) electrons. The summed E-state index contributed by atoms with van der Waals surface area (Å²) < 4.78 is 0. The molecule has 0 aliphatic carbocycles. The molecule has 3 fully saturated rings. The van der Waals surface area contributed by atoms with E-state index in [0.717, 1.165) is 32.5 Å².